The Morgan fingerprint density at radius 1 is 1.03 bits per heavy atom. The van der Waals surface area contributed by atoms with Crippen LogP contribution in [-0.2, 0) is 17.8 Å². The van der Waals surface area contributed by atoms with E-state index in [0.717, 1.165) is 75.5 Å². The summed E-state index contributed by atoms with van der Waals surface area (Å²) in [6.45, 7) is 7.94. The number of hydrogen-bond donors (Lipinski definition) is 0. The molecule has 1 fully saturated rings. The Bertz CT molecular complexity index is 1010. The molecule has 0 N–H and O–H groups in total. The zero-order valence-electron chi connectivity index (χ0n) is 22.4. The normalized spacial score (nSPS) is 19.2. The van der Waals surface area contributed by atoms with Crippen molar-refractivity contribution in [3.05, 3.63) is 53.6 Å². The lowest BCUT2D eigenvalue weighted by Crippen LogP contribution is -2.47. The van der Waals surface area contributed by atoms with E-state index in [1.807, 2.05) is 44.0 Å². The zero-order valence-corrected chi connectivity index (χ0v) is 22.4. The predicted molar refractivity (Wildman–Crippen MR) is 143 cm³/mol. The Labute approximate surface area is 216 Å². The van der Waals surface area contributed by atoms with E-state index in [-0.39, 0.29) is 24.0 Å². The number of benzene rings is 2. The molecule has 0 atom stereocenters. The van der Waals surface area contributed by atoms with E-state index in [9.17, 15) is 4.79 Å². The molecule has 1 spiro atoms. The van der Waals surface area contributed by atoms with Crippen LogP contribution in [0, 0.1) is 5.41 Å². The molecule has 2 aliphatic rings. The van der Waals surface area contributed by atoms with Crippen LogP contribution in [0.1, 0.15) is 57.1 Å². The fraction of sp³-hybridized carbons (Fsp3) is 0.567. The Morgan fingerprint density at radius 2 is 1.81 bits per heavy atom. The van der Waals surface area contributed by atoms with Crippen molar-refractivity contribution >= 4 is 5.91 Å². The molecule has 0 unspecified atom stereocenters. The molecular weight excluding hydrogens is 452 g/mol. The Balaban J connectivity index is 1.40. The monoisotopic (exact) mass is 494 g/mol. The molecule has 2 aliphatic heterocycles. The first-order valence-electron chi connectivity index (χ1n) is 13.4. The van der Waals surface area contributed by atoms with Crippen molar-refractivity contribution in [3.8, 4) is 17.2 Å². The number of methoxy groups -OCH3 is 1. The summed E-state index contributed by atoms with van der Waals surface area (Å²) in [5.74, 6) is 2.49. The molecule has 6 nitrogen and oxygen atoms in total. The largest absolute Gasteiger partial charge is 0.493 e. The predicted octanol–water partition coefficient (Wildman–Crippen LogP) is 5.33. The second kappa shape index (κ2) is 12.0. The molecule has 0 aromatic heterocycles. The maximum atomic E-state index is 12.9. The number of ether oxygens (including phenoxy) is 3. The van der Waals surface area contributed by atoms with Crippen LogP contribution in [0.2, 0.25) is 0 Å². The van der Waals surface area contributed by atoms with Gasteiger partial charge in [0.2, 0.25) is 0 Å². The van der Waals surface area contributed by atoms with Crippen molar-refractivity contribution in [1.29, 1.82) is 0 Å². The number of piperidine rings is 1. The van der Waals surface area contributed by atoms with Crippen molar-refractivity contribution in [1.82, 2.24) is 9.80 Å². The maximum Gasteiger partial charge on any atom is 0.260 e. The third-order valence-electron chi connectivity index (χ3n) is 7.64. The highest BCUT2D eigenvalue weighted by Crippen LogP contribution is 2.39. The number of rotatable bonds is 5. The Morgan fingerprint density at radius 3 is 2.56 bits per heavy atom. The van der Waals surface area contributed by atoms with Gasteiger partial charge in [-0.2, -0.15) is 0 Å². The first kappa shape index (κ1) is 26.3. The highest BCUT2D eigenvalue weighted by atomic mass is 16.5. The summed E-state index contributed by atoms with van der Waals surface area (Å²) in [4.78, 5) is 17.3. The van der Waals surface area contributed by atoms with Gasteiger partial charge >= 0.3 is 0 Å². The van der Waals surface area contributed by atoms with Gasteiger partial charge in [0.15, 0.2) is 18.1 Å². The SMILES string of the molecule is COc1ccc(CN2CCC3(CCCCc4ccccc4OCC(=O)N(C)C3)CC2)cc1OC(C)C. The smallest absolute Gasteiger partial charge is 0.260 e. The van der Waals surface area contributed by atoms with Crippen LogP contribution in [0.25, 0.3) is 0 Å². The molecule has 0 aliphatic carbocycles. The number of para-hydroxylation sites is 1. The van der Waals surface area contributed by atoms with Gasteiger partial charge in [0.25, 0.3) is 5.91 Å². The number of nitrogens with zero attached hydrogens (tertiary/aromatic N) is 2. The van der Waals surface area contributed by atoms with Gasteiger partial charge in [-0.3, -0.25) is 9.69 Å². The van der Waals surface area contributed by atoms with Gasteiger partial charge in [0.05, 0.1) is 13.2 Å². The lowest BCUT2D eigenvalue weighted by Gasteiger charge is -2.44. The number of likely N-dealkylation sites (tertiary alicyclic amines) is 1. The lowest BCUT2D eigenvalue weighted by molar-refractivity contribution is -0.134. The second-order valence-corrected chi connectivity index (χ2v) is 10.8. The van der Waals surface area contributed by atoms with Crippen molar-refractivity contribution < 1.29 is 19.0 Å². The minimum absolute atomic E-state index is 0.0584. The molecule has 2 aromatic carbocycles. The van der Waals surface area contributed by atoms with Gasteiger partial charge < -0.3 is 19.1 Å². The van der Waals surface area contributed by atoms with Gasteiger partial charge in [-0.25, -0.2) is 0 Å². The summed E-state index contributed by atoms with van der Waals surface area (Å²) >= 11 is 0. The number of amides is 1. The standard InChI is InChI=1S/C30H42N2O4/c1-23(2)36-28-19-24(12-13-27(28)34-4)20-32-17-15-30(16-18-32)14-8-7-10-25-9-5-6-11-26(25)35-21-29(33)31(3)22-30/h5-6,9,11-13,19,23H,7-8,10,14-18,20-22H2,1-4H3. The lowest BCUT2D eigenvalue weighted by atomic mass is 9.73. The molecule has 4 rings (SSSR count). The molecule has 2 heterocycles. The van der Waals surface area contributed by atoms with Crippen LogP contribution >= 0.6 is 0 Å². The summed E-state index contributed by atoms with van der Waals surface area (Å²) in [7, 11) is 3.62. The second-order valence-electron chi connectivity index (χ2n) is 10.8. The summed E-state index contributed by atoms with van der Waals surface area (Å²) in [6, 6.07) is 14.4. The summed E-state index contributed by atoms with van der Waals surface area (Å²) in [6.07, 6.45) is 6.79. The number of fused-ring (bicyclic) bond motifs is 1. The van der Waals surface area contributed by atoms with Crippen LogP contribution in [0.15, 0.2) is 42.5 Å². The number of likely N-dealkylation sites (N-methyl/N-ethyl adjacent to an activating group) is 1. The molecule has 2 aromatic rings. The van der Waals surface area contributed by atoms with E-state index in [2.05, 4.69) is 29.2 Å². The molecular formula is C30H42N2O4. The van der Waals surface area contributed by atoms with E-state index in [1.165, 1.54) is 17.5 Å². The van der Waals surface area contributed by atoms with E-state index in [1.54, 1.807) is 7.11 Å². The topological polar surface area (TPSA) is 51.2 Å². The molecule has 6 heteroatoms. The van der Waals surface area contributed by atoms with Gasteiger partial charge in [-0.15, -0.1) is 0 Å². The van der Waals surface area contributed by atoms with E-state index in [0.29, 0.717) is 0 Å². The Hall–Kier alpha value is -2.73. The molecule has 36 heavy (non-hydrogen) atoms. The number of hydrogen-bond acceptors (Lipinski definition) is 5. The average Bonchev–Trinajstić information content (AvgIpc) is 2.86. The maximum absolute atomic E-state index is 12.9. The third-order valence-corrected chi connectivity index (χ3v) is 7.64. The molecule has 0 radical (unpaired) electrons. The van der Waals surface area contributed by atoms with E-state index in [4.69, 9.17) is 14.2 Å². The minimum Gasteiger partial charge on any atom is -0.493 e. The van der Waals surface area contributed by atoms with Crippen LogP contribution in [-0.4, -0.2) is 62.2 Å². The third kappa shape index (κ3) is 6.73. The van der Waals surface area contributed by atoms with Gasteiger partial charge in [0, 0.05) is 20.1 Å². The first-order valence-corrected chi connectivity index (χ1v) is 13.4. The minimum atomic E-state index is 0.0584. The van der Waals surface area contributed by atoms with Gasteiger partial charge in [-0.05, 0) is 93.8 Å². The van der Waals surface area contributed by atoms with Crippen molar-refractivity contribution in [2.75, 3.05) is 40.4 Å². The summed E-state index contributed by atoms with van der Waals surface area (Å²) in [5.41, 5.74) is 2.62. The summed E-state index contributed by atoms with van der Waals surface area (Å²) in [5, 5.41) is 0. The molecule has 1 saturated heterocycles. The van der Waals surface area contributed by atoms with E-state index >= 15 is 0 Å². The van der Waals surface area contributed by atoms with Gasteiger partial charge in [0.1, 0.15) is 5.75 Å². The quantitative estimate of drug-likeness (QED) is 0.563. The van der Waals surface area contributed by atoms with E-state index < -0.39 is 0 Å². The van der Waals surface area contributed by atoms with Gasteiger partial charge in [-0.1, -0.05) is 30.7 Å². The number of carbonyl (C=O) groups excluding carboxylic acids is 1. The fourth-order valence-electron chi connectivity index (χ4n) is 5.60. The van der Waals surface area contributed by atoms with Crippen LogP contribution in [0.3, 0.4) is 0 Å². The zero-order chi connectivity index (χ0) is 25.5. The molecule has 0 saturated carbocycles. The molecule has 1 amide bonds. The van der Waals surface area contributed by atoms with Crippen LogP contribution < -0.4 is 14.2 Å². The Kier molecular flexibility index (Phi) is 8.78. The average molecular weight is 495 g/mol. The summed E-state index contributed by atoms with van der Waals surface area (Å²) < 4.78 is 17.4. The van der Waals surface area contributed by atoms with Crippen LogP contribution in [0.4, 0.5) is 0 Å². The first-order chi connectivity index (χ1) is 17.4. The molecule has 196 valence electrons. The van der Waals surface area contributed by atoms with Crippen LogP contribution in [0.5, 0.6) is 17.2 Å². The van der Waals surface area contributed by atoms with Crippen molar-refractivity contribution in [2.45, 2.75) is 65.0 Å². The fourth-order valence-corrected chi connectivity index (χ4v) is 5.60. The molecule has 0 bridgehead atoms. The number of aryl methyl sites for hydroxylation is 1. The van der Waals surface area contributed by atoms with Crippen molar-refractivity contribution in [3.63, 3.8) is 0 Å². The number of carbonyl (C=O) groups is 1. The van der Waals surface area contributed by atoms with Crippen molar-refractivity contribution in [2.24, 2.45) is 5.41 Å². The highest BCUT2D eigenvalue weighted by Gasteiger charge is 2.36. The highest BCUT2D eigenvalue weighted by molar-refractivity contribution is 5.77.